The molecular formula is C13H21NO5. The molecule has 1 rings (SSSR count). The molecule has 0 saturated carbocycles. The van der Waals surface area contributed by atoms with Gasteiger partial charge >= 0.3 is 12.1 Å². The summed E-state index contributed by atoms with van der Waals surface area (Å²) in [6.07, 6.45) is -0.162. The lowest BCUT2D eigenvalue weighted by molar-refractivity contribution is -0.156. The van der Waals surface area contributed by atoms with Gasteiger partial charge in [0.15, 0.2) is 0 Å². The number of hydrogen-bond donors (Lipinski definition) is 0. The lowest BCUT2D eigenvalue weighted by Crippen LogP contribution is -2.54. The maximum absolute atomic E-state index is 12.0. The lowest BCUT2D eigenvalue weighted by Gasteiger charge is -2.35. The van der Waals surface area contributed by atoms with Gasteiger partial charge in [0, 0.05) is 6.42 Å². The highest BCUT2D eigenvalue weighted by molar-refractivity contribution is 5.97. The lowest BCUT2D eigenvalue weighted by atomic mass is 9.92. The number of nitrogens with zero attached hydrogens (tertiary/aromatic N) is 1. The van der Waals surface area contributed by atoms with Gasteiger partial charge in [-0.3, -0.25) is 4.79 Å². The average Bonchev–Trinajstić information content (AvgIpc) is 2.24. The first-order valence-electron chi connectivity index (χ1n) is 6.28. The number of ether oxygens (including phenoxy) is 2. The molecule has 0 unspecified atom stereocenters. The molecule has 0 spiro atoms. The second-order valence-electron chi connectivity index (χ2n) is 5.83. The van der Waals surface area contributed by atoms with Gasteiger partial charge < -0.3 is 9.47 Å². The molecule has 1 aliphatic heterocycles. The quantitative estimate of drug-likeness (QED) is 0.679. The molecule has 0 aromatic rings. The van der Waals surface area contributed by atoms with E-state index in [1.165, 1.54) is 7.11 Å². The molecule has 0 aliphatic carbocycles. The zero-order chi connectivity index (χ0) is 14.8. The highest BCUT2D eigenvalue weighted by Crippen LogP contribution is 2.26. The molecule has 0 aromatic heterocycles. The van der Waals surface area contributed by atoms with Gasteiger partial charge in [0.05, 0.1) is 7.11 Å². The fourth-order valence-electron chi connectivity index (χ4n) is 2.02. The van der Waals surface area contributed by atoms with E-state index in [0.29, 0.717) is 6.42 Å². The molecule has 108 valence electrons. The number of hydrogen-bond acceptors (Lipinski definition) is 5. The van der Waals surface area contributed by atoms with Crippen molar-refractivity contribution < 1.29 is 23.9 Å². The number of rotatable bonds is 1. The summed E-state index contributed by atoms with van der Waals surface area (Å²) in [5.74, 6) is -0.954. The Morgan fingerprint density at radius 3 is 2.37 bits per heavy atom. The summed E-state index contributed by atoms with van der Waals surface area (Å²) in [7, 11) is 1.24. The van der Waals surface area contributed by atoms with Gasteiger partial charge in [0.1, 0.15) is 11.6 Å². The highest BCUT2D eigenvalue weighted by atomic mass is 16.6. The van der Waals surface area contributed by atoms with Crippen LogP contribution in [0.1, 0.15) is 40.5 Å². The van der Waals surface area contributed by atoms with Gasteiger partial charge in [-0.05, 0) is 33.1 Å². The van der Waals surface area contributed by atoms with Crippen molar-refractivity contribution in [3.8, 4) is 0 Å². The molecule has 6 heteroatoms. The maximum atomic E-state index is 12.0. The zero-order valence-corrected chi connectivity index (χ0v) is 12.1. The van der Waals surface area contributed by atoms with E-state index in [1.54, 1.807) is 20.8 Å². The molecule has 0 N–H and O–H groups in total. The Labute approximate surface area is 113 Å². The van der Waals surface area contributed by atoms with Gasteiger partial charge in [0.2, 0.25) is 5.91 Å². The van der Waals surface area contributed by atoms with Crippen LogP contribution in [0.15, 0.2) is 0 Å². The predicted octanol–water partition coefficient (Wildman–Crippen LogP) is 1.72. The van der Waals surface area contributed by atoms with Crippen LogP contribution in [0.25, 0.3) is 0 Å². The van der Waals surface area contributed by atoms with E-state index in [2.05, 4.69) is 4.74 Å². The van der Waals surface area contributed by atoms with Gasteiger partial charge in [-0.2, -0.15) is 0 Å². The summed E-state index contributed by atoms with van der Waals surface area (Å²) < 4.78 is 9.82. The number of carbonyl (C=O) groups is 3. The van der Waals surface area contributed by atoms with E-state index >= 15 is 0 Å². The van der Waals surface area contributed by atoms with Crippen LogP contribution in [0.5, 0.6) is 0 Å². The topological polar surface area (TPSA) is 72.9 Å². The Kier molecular flexibility index (Phi) is 4.55. The van der Waals surface area contributed by atoms with Gasteiger partial charge in [-0.25, -0.2) is 14.5 Å². The third-order valence-electron chi connectivity index (χ3n) is 2.79. The Morgan fingerprint density at radius 2 is 1.89 bits per heavy atom. The first-order chi connectivity index (χ1) is 8.65. The van der Waals surface area contributed by atoms with E-state index < -0.39 is 29.6 Å². The van der Waals surface area contributed by atoms with Crippen molar-refractivity contribution in [2.24, 2.45) is 5.92 Å². The normalized spacial score (nSPS) is 24.1. The van der Waals surface area contributed by atoms with Gasteiger partial charge in [-0.15, -0.1) is 0 Å². The molecule has 0 bridgehead atoms. The van der Waals surface area contributed by atoms with Crippen LogP contribution >= 0.6 is 0 Å². The minimum atomic E-state index is -0.893. The van der Waals surface area contributed by atoms with Crippen molar-refractivity contribution in [3.63, 3.8) is 0 Å². The van der Waals surface area contributed by atoms with E-state index in [0.717, 1.165) is 4.90 Å². The van der Waals surface area contributed by atoms with Crippen LogP contribution < -0.4 is 0 Å². The Hall–Kier alpha value is -1.59. The van der Waals surface area contributed by atoms with Crippen LogP contribution in [-0.2, 0) is 19.1 Å². The first kappa shape index (κ1) is 15.5. The average molecular weight is 271 g/mol. The number of esters is 1. The number of likely N-dealkylation sites (tertiary alicyclic amines) is 1. The Morgan fingerprint density at radius 1 is 1.32 bits per heavy atom. The van der Waals surface area contributed by atoms with Crippen molar-refractivity contribution in [1.29, 1.82) is 0 Å². The van der Waals surface area contributed by atoms with Crippen molar-refractivity contribution >= 4 is 18.0 Å². The number of amides is 2. The van der Waals surface area contributed by atoms with Crippen molar-refractivity contribution in [2.75, 3.05) is 7.11 Å². The number of imide groups is 1. The molecular weight excluding hydrogens is 250 g/mol. The standard InChI is InChI=1S/C13H21NO5/c1-8-6-9(11(16)18-5)14(10(15)7-8)12(17)19-13(2,3)4/h8-9H,6-7H2,1-5H3/t8-,9-/m0/s1. The SMILES string of the molecule is COC(=O)[C@@H]1C[C@H](C)CC(=O)N1C(=O)OC(C)(C)C. The molecule has 19 heavy (non-hydrogen) atoms. The molecule has 1 fully saturated rings. The van der Waals surface area contributed by atoms with Gasteiger partial charge in [0.25, 0.3) is 0 Å². The third kappa shape index (κ3) is 3.94. The van der Waals surface area contributed by atoms with Crippen LogP contribution in [0.4, 0.5) is 4.79 Å². The summed E-state index contributed by atoms with van der Waals surface area (Å²) in [6, 6.07) is -0.893. The summed E-state index contributed by atoms with van der Waals surface area (Å²) in [5, 5.41) is 0. The minimum absolute atomic E-state index is 0.0373. The Balaban J connectivity index is 2.94. The summed E-state index contributed by atoms with van der Waals surface area (Å²) in [4.78, 5) is 36.6. The van der Waals surface area contributed by atoms with Crippen LogP contribution in [-0.4, -0.2) is 41.6 Å². The summed E-state index contributed by atoms with van der Waals surface area (Å²) in [5.41, 5.74) is -0.721. The number of carbonyl (C=O) groups excluding carboxylic acids is 3. The summed E-state index contributed by atoms with van der Waals surface area (Å²) in [6.45, 7) is 6.97. The number of methoxy groups -OCH3 is 1. The van der Waals surface area contributed by atoms with Gasteiger partial charge in [-0.1, -0.05) is 6.92 Å². The third-order valence-corrected chi connectivity index (χ3v) is 2.79. The van der Waals surface area contributed by atoms with Crippen LogP contribution in [0.3, 0.4) is 0 Å². The highest BCUT2D eigenvalue weighted by Gasteiger charge is 2.42. The molecule has 1 aliphatic rings. The summed E-state index contributed by atoms with van der Waals surface area (Å²) >= 11 is 0. The predicted molar refractivity (Wildman–Crippen MR) is 67.3 cm³/mol. The molecule has 2 amide bonds. The molecule has 2 atom stereocenters. The zero-order valence-electron chi connectivity index (χ0n) is 12.1. The van der Waals surface area contributed by atoms with Crippen molar-refractivity contribution in [3.05, 3.63) is 0 Å². The minimum Gasteiger partial charge on any atom is -0.467 e. The van der Waals surface area contributed by atoms with E-state index in [1.807, 2.05) is 6.92 Å². The van der Waals surface area contributed by atoms with Crippen LogP contribution in [0, 0.1) is 5.92 Å². The van der Waals surface area contributed by atoms with E-state index in [4.69, 9.17) is 4.74 Å². The van der Waals surface area contributed by atoms with Crippen molar-refractivity contribution in [2.45, 2.75) is 52.2 Å². The number of piperidine rings is 1. The maximum Gasteiger partial charge on any atom is 0.417 e. The van der Waals surface area contributed by atoms with E-state index in [-0.39, 0.29) is 12.3 Å². The first-order valence-corrected chi connectivity index (χ1v) is 6.28. The molecule has 1 saturated heterocycles. The van der Waals surface area contributed by atoms with Crippen LogP contribution in [0.2, 0.25) is 0 Å². The fraction of sp³-hybridized carbons (Fsp3) is 0.769. The van der Waals surface area contributed by atoms with E-state index in [9.17, 15) is 14.4 Å². The second kappa shape index (κ2) is 5.59. The monoisotopic (exact) mass is 271 g/mol. The Bertz CT molecular complexity index is 385. The molecule has 0 aromatic carbocycles. The molecule has 6 nitrogen and oxygen atoms in total. The smallest absolute Gasteiger partial charge is 0.417 e. The van der Waals surface area contributed by atoms with Crippen molar-refractivity contribution in [1.82, 2.24) is 4.90 Å². The largest absolute Gasteiger partial charge is 0.467 e. The fourth-order valence-corrected chi connectivity index (χ4v) is 2.02. The second-order valence-corrected chi connectivity index (χ2v) is 5.83. The molecule has 1 heterocycles. The molecule has 0 radical (unpaired) electrons.